The molecule has 0 fully saturated rings. The van der Waals surface area contributed by atoms with Gasteiger partial charge in [-0.1, -0.05) is 44.2 Å². The van der Waals surface area contributed by atoms with Crippen molar-refractivity contribution in [3.63, 3.8) is 0 Å². The molecule has 2 aromatic rings. The van der Waals surface area contributed by atoms with Crippen molar-refractivity contribution in [2.24, 2.45) is 0 Å². The number of amides is 1. The number of para-hydroxylation sites is 1. The van der Waals surface area contributed by atoms with E-state index in [-0.39, 0.29) is 5.91 Å². The summed E-state index contributed by atoms with van der Waals surface area (Å²) in [6.45, 7) is 6.81. The van der Waals surface area contributed by atoms with E-state index >= 15 is 0 Å². The minimum Gasteiger partial charge on any atom is -0.388 e. The van der Waals surface area contributed by atoms with Gasteiger partial charge in [0.05, 0.1) is 11.8 Å². The Morgan fingerprint density at radius 1 is 1.17 bits per heavy atom. The van der Waals surface area contributed by atoms with E-state index in [2.05, 4.69) is 13.8 Å². The fourth-order valence-electron chi connectivity index (χ4n) is 3.21. The first-order valence-electron chi connectivity index (χ1n) is 8.18. The summed E-state index contributed by atoms with van der Waals surface area (Å²) in [5.74, 6) is 0.454. The van der Waals surface area contributed by atoms with E-state index in [1.54, 1.807) is 0 Å². The van der Waals surface area contributed by atoms with Gasteiger partial charge in [0.25, 0.3) is 5.91 Å². The standard InChI is InChI=1S/C20H23NO2/c1-13(2)15-7-9-16(10-8-15)20(23)21-12-11-18(22)17-6-4-5-14(3)19(17)21/h4-10,13,18,22H,11-12H2,1-3H3. The molecular formula is C20H23NO2. The molecule has 1 heterocycles. The molecule has 0 saturated carbocycles. The molecule has 3 nitrogen and oxygen atoms in total. The zero-order valence-electron chi connectivity index (χ0n) is 13.9. The molecular weight excluding hydrogens is 286 g/mol. The van der Waals surface area contributed by atoms with Crippen LogP contribution in [0.15, 0.2) is 42.5 Å². The van der Waals surface area contributed by atoms with Gasteiger partial charge in [0.1, 0.15) is 0 Å². The first-order valence-corrected chi connectivity index (χ1v) is 8.18. The Labute approximate surface area is 137 Å². The number of fused-ring (bicyclic) bond motifs is 1. The number of rotatable bonds is 2. The van der Waals surface area contributed by atoms with Crippen molar-refractivity contribution < 1.29 is 9.90 Å². The topological polar surface area (TPSA) is 40.5 Å². The molecule has 0 aliphatic carbocycles. The summed E-state index contributed by atoms with van der Waals surface area (Å²) >= 11 is 0. The van der Waals surface area contributed by atoms with E-state index < -0.39 is 6.10 Å². The van der Waals surface area contributed by atoms with Gasteiger partial charge in [-0.25, -0.2) is 0 Å². The van der Waals surface area contributed by atoms with Crippen LogP contribution in [0.25, 0.3) is 0 Å². The predicted molar refractivity (Wildman–Crippen MR) is 93.0 cm³/mol. The van der Waals surface area contributed by atoms with Crippen LogP contribution in [0, 0.1) is 6.92 Å². The van der Waals surface area contributed by atoms with Crippen LogP contribution in [0.3, 0.4) is 0 Å². The van der Waals surface area contributed by atoms with Gasteiger partial charge in [0, 0.05) is 17.7 Å². The third-order valence-corrected chi connectivity index (χ3v) is 4.59. The van der Waals surface area contributed by atoms with E-state index in [9.17, 15) is 9.90 Å². The molecule has 1 N–H and O–H groups in total. The van der Waals surface area contributed by atoms with E-state index in [1.807, 2.05) is 54.3 Å². The fraction of sp³-hybridized carbons (Fsp3) is 0.350. The number of hydrogen-bond donors (Lipinski definition) is 1. The lowest BCUT2D eigenvalue weighted by Crippen LogP contribution is -2.37. The molecule has 0 aromatic heterocycles. The average Bonchev–Trinajstić information content (AvgIpc) is 2.55. The van der Waals surface area contributed by atoms with Crippen LogP contribution in [0.2, 0.25) is 0 Å². The minimum atomic E-state index is -0.489. The minimum absolute atomic E-state index is 0.00255. The molecule has 0 spiro atoms. The SMILES string of the molecule is Cc1cccc2c1N(C(=O)c1ccc(C(C)C)cc1)CCC2O. The van der Waals surface area contributed by atoms with Crippen molar-refractivity contribution in [2.75, 3.05) is 11.4 Å². The van der Waals surface area contributed by atoms with Crippen LogP contribution < -0.4 is 4.90 Å². The summed E-state index contributed by atoms with van der Waals surface area (Å²) in [4.78, 5) is 14.8. The van der Waals surface area contributed by atoms with Gasteiger partial charge in [-0.05, 0) is 42.5 Å². The van der Waals surface area contributed by atoms with E-state index in [1.165, 1.54) is 5.56 Å². The highest BCUT2D eigenvalue weighted by Gasteiger charge is 2.29. The van der Waals surface area contributed by atoms with Crippen LogP contribution >= 0.6 is 0 Å². The van der Waals surface area contributed by atoms with Crippen LogP contribution in [-0.4, -0.2) is 17.6 Å². The van der Waals surface area contributed by atoms with Crippen LogP contribution in [0.4, 0.5) is 5.69 Å². The number of nitrogens with zero attached hydrogens (tertiary/aromatic N) is 1. The van der Waals surface area contributed by atoms with Gasteiger partial charge < -0.3 is 10.0 Å². The van der Waals surface area contributed by atoms with Gasteiger partial charge in [-0.3, -0.25) is 4.79 Å². The molecule has 1 aliphatic rings. The molecule has 3 rings (SSSR count). The molecule has 0 saturated heterocycles. The van der Waals surface area contributed by atoms with Gasteiger partial charge in [0.15, 0.2) is 0 Å². The number of anilines is 1. The molecule has 2 aromatic carbocycles. The second kappa shape index (κ2) is 6.17. The Hall–Kier alpha value is -2.13. The first-order chi connectivity index (χ1) is 11.0. The van der Waals surface area contributed by atoms with Crippen molar-refractivity contribution in [1.82, 2.24) is 0 Å². The zero-order valence-corrected chi connectivity index (χ0v) is 13.9. The Morgan fingerprint density at radius 3 is 2.52 bits per heavy atom. The molecule has 120 valence electrons. The highest BCUT2D eigenvalue weighted by molar-refractivity contribution is 6.07. The lowest BCUT2D eigenvalue weighted by molar-refractivity contribution is 0.0970. The molecule has 0 bridgehead atoms. The summed E-state index contributed by atoms with van der Waals surface area (Å²) < 4.78 is 0. The van der Waals surface area contributed by atoms with Crippen molar-refractivity contribution >= 4 is 11.6 Å². The van der Waals surface area contributed by atoms with E-state index in [4.69, 9.17) is 0 Å². The quantitative estimate of drug-likeness (QED) is 0.903. The summed E-state index contributed by atoms with van der Waals surface area (Å²) in [7, 11) is 0. The van der Waals surface area contributed by atoms with Crippen LogP contribution in [0.1, 0.15) is 59.3 Å². The number of benzene rings is 2. The Morgan fingerprint density at radius 2 is 1.87 bits per heavy atom. The Bertz CT molecular complexity index is 719. The molecule has 23 heavy (non-hydrogen) atoms. The molecule has 0 radical (unpaired) electrons. The van der Waals surface area contributed by atoms with Crippen LogP contribution in [0.5, 0.6) is 0 Å². The molecule has 1 amide bonds. The Balaban J connectivity index is 1.96. The predicted octanol–water partition coefficient (Wildman–Crippen LogP) is 4.20. The third kappa shape index (κ3) is 2.89. The van der Waals surface area contributed by atoms with Crippen LogP contribution in [-0.2, 0) is 0 Å². The van der Waals surface area contributed by atoms with Gasteiger partial charge in [-0.15, -0.1) is 0 Å². The summed E-state index contributed by atoms with van der Waals surface area (Å²) in [6, 6.07) is 13.7. The second-order valence-electron chi connectivity index (χ2n) is 6.55. The summed E-state index contributed by atoms with van der Waals surface area (Å²) in [5, 5.41) is 10.2. The van der Waals surface area contributed by atoms with Crippen molar-refractivity contribution in [1.29, 1.82) is 0 Å². The highest BCUT2D eigenvalue weighted by atomic mass is 16.3. The molecule has 1 unspecified atom stereocenters. The number of carbonyl (C=O) groups excluding carboxylic acids is 1. The van der Waals surface area contributed by atoms with Gasteiger partial charge in [-0.2, -0.15) is 0 Å². The van der Waals surface area contributed by atoms with Crippen molar-refractivity contribution in [3.8, 4) is 0 Å². The number of carbonyl (C=O) groups is 1. The molecule has 3 heteroatoms. The molecule has 1 atom stereocenters. The molecule has 1 aliphatic heterocycles. The monoisotopic (exact) mass is 309 g/mol. The first kappa shape index (κ1) is 15.8. The average molecular weight is 309 g/mol. The third-order valence-electron chi connectivity index (χ3n) is 4.59. The summed E-state index contributed by atoms with van der Waals surface area (Å²) in [5.41, 5.74) is 4.66. The number of aliphatic hydroxyl groups excluding tert-OH is 1. The number of aryl methyl sites for hydroxylation is 1. The van der Waals surface area contributed by atoms with Crippen molar-refractivity contribution in [2.45, 2.75) is 39.2 Å². The van der Waals surface area contributed by atoms with Crippen molar-refractivity contribution in [3.05, 3.63) is 64.7 Å². The Kier molecular flexibility index (Phi) is 4.22. The summed E-state index contributed by atoms with van der Waals surface area (Å²) in [6.07, 6.45) is 0.0870. The number of aliphatic hydroxyl groups is 1. The second-order valence-corrected chi connectivity index (χ2v) is 6.55. The lowest BCUT2D eigenvalue weighted by atomic mass is 9.95. The fourth-order valence-corrected chi connectivity index (χ4v) is 3.21. The maximum Gasteiger partial charge on any atom is 0.258 e. The normalized spacial score (nSPS) is 17.3. The highest BCUT2D eigenvalue weighted by Crippen LogP contribution is 2.37. The smallest absolute Gasteiger partial charge is 0.258 e. The van der Waals surface area contributed by atoms with E-state index in [0.717, 1.165) is 16.8 Å². The maximum absolute atomic E-state index is 12.9. The van der Waals surface area contributed by atoms with Gasteiger partial charge >= 0.3 is 0 Å². The lowest BCUT2D eigenvalue weighted by Gasteiger charge is -2.33. The number of hydrogen-bond acceptors (Lipinski definition) is 2. The largest absolute Gasteiger partial charge is 0.388 e. The zero-order chi connectivity index (χ0) is 16.6. The maximum atomic E-state index is 12.9. The van der Waals surface area contributed by atoms with E-state index in [0.29, 0.717) is 24.4 Å². The van der Waals surface area contributed by atoms with Gasteiger partial charge in [0.2, 0.25) is 0 Å².